The maximum absolute atomic E-state index is 11.9. The Kier molecular flexibility index (Phi) is 14.2. The highest BCUT2D eigenvalue weighted by Crippen LogP contribution is 2.28. The molecule has 41 heavy (non-hydrogen) atoms. The summed E-state index contributed by atoms with van der Waals surface area (Å²) in [4.78, 5) is 58.9. The van der Waals surface area contributed by atoms with Crippen LogP contribution in [0.15, 0.2) is 24.3 Å². The minimum atomic E-state index is -1.22. The van der Waals surface area contributed by atoms with Gasteiger partial charge in [-0.05, 0) is 18.6 Å². The van der Waals surface area contributed by atoms with Crippen LogP contribution in [0.3, 0.4) is 0 Å². The molecule has 2 rings (SSSR count). The minimum absolute atomic E-state index is 0.0333. The Morgan fingerprint density at radius 2 is 1.49 bits per heavy atom. The molecule has 0 spiro atoms. The number of para-hydroxylation sites is 1. The number of rotatable bonds is 15. The van der Waals surface area contributed by atoms with E-state index >= 15 is 0 Å². The maximum atomic E-state index is 11.9. The first-order valence-corrected chi connectivity index (χ1v) is 12.8. The van der Waals surface area contributed by atoms with Crippen LogP contribution in [0, 0.1) is 6.92 Å². The fourth-order valence-corrected chi connectivity index (χ4v) is 3.79. The van der Waals surface area contributed by atoms with E-state index in [0.717, 1.165) is 13.8 Å². The quantitative estimate of drug-likeness (QED) is 0.131. The molecule has 14 heteroatoms. The Morgan fingerprint density at radius 3 is 2.12 bits per heavy atom. The van der Waals surface area contributed by atoms with Crippen molar-refractivity contribution in [3.05, 3.63) is 36.8 Å². The molecule has 5 atom stereocenters. The lowest BCUT2D eigenvalue weighted by atomic mass is 9.96. The molecule has 1 aromatic rings. The van der Waals surface area contributed by atoms with E-state index in [0.29, 0.717) is 11.3 Å². The predicted molar refractivity (Wildman–Crippen MR) is 138 cm³/mol. The van der Waals surface area contributed by atoms with Gasteiger partial charge >= 0.3 is 23.9 Å². The SMILES string of the molecule is [CH2]c1ccccc1OC(=O)COCCOCCO[C@@H]1O[C@H](COC(C)=O)[C@H](OC(C)=O)[C@H](OC(C)=O)[C@H]1NC(C)=O. The Labute approximate surface area is 237 Å². The molecule has 1 amide bonds. The smallest absolute Gasteiger partial charge is 0.337 e. The molecule has 14 nitrogen and oxygen atoms in total. The Balaban J connectivity index is 1.90. The summed E-state index contributed by atoms with van der Waals surface area (Å²) in [7, 11) is 0. The fraction of sp³-hybridized carbons (Fsp3) is 0.556. The zero-order chi connectivity index (χ0) is 30.4. The average Bonchev–Trinajstić information content (AvgIpc) is 2.88. The molecule has 0 aromatic heterocycles. The third kappa shape index (κ3) is 12.2. The largest absolute Gasteiger partial charge is 0.463 e. The number of carbonyl (C=O) groups excluding carboxylic acids is 5. The topological polar surface area (TPSA) is 171 Å². The van der Waals surface area contributed by atoms with Crippen molar-refractivity contribution in [2.45, 2.75) is 58.3 Å². The van der Waals surface area contributed by atoms with Gasteiger partial charge in [0.15, 0.2) is 18.5 Å². The third-order valence-corrected chi connectivity index (χ3v) is 5.37. The second kappa shape index (κ2) is 17.3. The summed E-state index contributed by atoms with van der Waals surface area (Å²) < 4.78 is 43.3. The van der Waals surface area contributed by atoms with Gasteiger partial charge in [0.05, 0.1) is 26.4 Å². The second-order valence-corrected chi connectivity index (χ2v) is 8.84. The van der Waals surface area contributed by atoms with Crippen LogP contribution in [-0.4, -0.2) is 100 Å². The number of esters is 4. The molecule has 1 aromatic carbocycles. The molecular weight excluding hydrogens is 546 g/mol. The van der Waals surface area contributed by atoms with E-state index in [1.54, 1.807) is 24.3 Å². The van der Waals surface area contributed by atoms with Gasteiger partial charge in [0.1, 0.15) is 31.1 Å². The zero-order valence-corrected chi connectivity index (χ0v) is 23.5. The first-order chi connectivity index (χ1) is 19.5. The van der Waals surface area contributed by atoms with Gasteiger partial charge in [-0.1, -0.05) is 18.2 Å². The zero-order valence-electron chi connectivity index (χ0n) is 23.5. The molecule has 0 saturated carbocycles. The van der Waals surface area contributed by atoms with E-state index in [9.17, 15) is 24.0 Å². The van der Waals surface area contributed by atoms with Crippen LogP contribution in [0.1, 0.15) is 33.3 Å². The minimum Gasteiger partial charge on any atom is -0.463 e. The van der Waals surface area contributed by atoms with Crippen molar-refractivity contribution in [2.24, 2.45) is 0 Å². The molecule has 1 aliphatic heterocycles. The first-order valence-electron chi connectivity index (χ1n) is 12.8. The van der Waals surface area contributed by atoms with Gasteiger partial charge in [-0.2, -0.15) is 0 Å². The number of carbonyl (C=O) groups is 5. The van der Waals surface area contributed by atoms with Crippen molar-refractivity contribution in [3.63, 3.8) is 0 Å². The lowest BCUT2D eigenvalue weighted by molar-refractivity contribution is -0.279. The van der Waals surface area contributed by atoms with Crippen molar-refractivity contribution in [3.8, 4) is 5.75 Å². The van der Waals surface area contributed by atoms with Crippen LogP contribution in [0.4, 0.5) is 0 Å². The summed E-state index contributed by atoms with van der Waals surface area (Å²) in [6.45, 7) is 8.13. The molecule has 0 aliphatic carbocycles. The Hall–Kier alpha value is -3.59. The van der Waals surface area contributed by atoms with Crippen LogP contribution >= 0.6 is 0 Å². The number of nitrogens with one attached hydrogen (secondary N) is 1. The molecular formula is C27H36NO13. The summed E-state index contributed by atoms with van der Waals surface area (Å²) in [6, 6.07) is 5.76. The van der Waals surface area contributed by atoms with E-state index in [-0.39, 0.29) is 39.6 Å². The highest BCUT2D eigenvalue weighted by Gasteiger charge is 2.51. The highest BCUT2D eigenvalue weighted by atomic mass is 16.7. The third-order valence-electron chi connectivity index (χ3n) is 5.37. The first kappa shape index (κ1) is 33.6. The van der Waals surface area contributed by atoms with Crippen molar-refractivity contribution in [2.75, 3.05) is 39.6 Å². The number of ether oxygens (including phenoxy) is 8. The van der Waals surface area contributed by atoms with Crippen LogP contribution in [0.2, 0.25) is 0 Å². The monoisotopic (exact) mass is 582 g/mol. The van der Waals surface area contributed by atoms with Crippen molar-refractivity contribution in [1.29, 1.82) is 0 Å². The summed E-state index contributed by atoms with van der Waals surface area (Å²) >= 11 is 0. The Morgan fingerprint density at radius 1 is 0.854 bits per heavy atom. The van der Waals surface area contributed by atoms with E-state index in [4.69, 9.17) is 37.9 Å². The molecule has 1 fully saturated rings. The standard InChI is InChI=1S/C27H36NO13/c1-16-8-6-7-9-21(16)40-23(33)15-35-11-10-34-12-13-36-27-24(28-17(2)29)26(39-20(5)32)25(38-19(4)31)22(41-27)14-37-18(3)30/h6-9,22,24-27H,1,10-15H2,2-5H3,(H,28,29)/t22-,24-,25+,26-,27-/m1/s1. The van der Waals surface area contributed by atoms with Crippen LogP contribution in [-0.2, 0) is 57.1 Å². The van der Waals surface area contributed by atoms with Crippen molar-refractivity contribution in [1.82, 2.24) is 5.32 Å². The molecule has 1 radical (unpaired) electrons. The van der Waals surface area contributed by atoms with Gasteiger partial charge in [-0.3, -0.25) is 19.2 Å². The van der Waals surface area contributed by atoms with E-state index < -0.39 is 60.4 Å². The lowest BCUT2D eigenvalue weighted by Crippen LogP contribution is -2.66. The second-order valence-electron chi connectivity index (χ2n) is 8.84. The molecule has 1 heterocycles. The summed E-state index contributed by atoms with van der Waals surface area (Å²) in [5.74, 6) is -2.76. The summed E-state index contributed by atoms with van der Waals surface area (Å²) in [6.07, 6.45) is -4.70. The molecule has 0 bridgehead atoms. The van der Waals surface area contributed by atoms with Gasteiger partial charge in [0, 0.05) is 27.7 Å². The van der Waals surface area contributed by atoms with Crippen LogP contribution in [0.5, 0.6) is 5.75 Å². The molecule has 1 aliphatic rings. The van der Waals surface area contributed by atoms with Gasteiger partial charge in [-0.15, -0.1) is 0 Å². The van der Waals surface area contributed by atoms with Crippen LogP contribution in [0.25, 0.3) is 0 Å². The predicted octanol–water partition coefficient (Wildman–Crippen LogP) is 0.480. The summed E-state index contributed by atoms with van der Waals surface area (Å²) in [5.41, 5.74) is 0.575. The molecule has 0 unspecified atom stereocenters. The normalized spacial score (nSPS) is 21.8. The summed E-state index contributed by atoms with van der Waals surface area (Å²) in [5, 5.41) is 2.60. The van der Waals surface area contributed by atoms with Gasteiger partial charge in [0.25, 0.3) is 0 Å². The maximum Gasteiger partial charge on any atom is 0.337 e. The highest BCUT2D eigenvalue weighted by molar-refractivity contribution is 5.74. The lowest BCUT2D eigenvalue weighted by Gasteiger charge is -2.44. The van der Waals surface area contributed by atoms with E-state index in [1.165, 1.54) is 13.8 Å². The Bertz CT molecular complexity index is 1050. The number of hydrogen-bond acceptors (Lipinski definition) is 13. The van der Waals surface area contributed by atoms with E-state index in [2.05, 4.69) is 12.2 Å². The number of hydrogen-bond donors (Lipinski definition) is 1. The average molecular weight is 583 g/mol. The van der Waals surface area contributed by atoms with Crippen LogP contribution < -0.4 is 10.1 Å². The fourth-order valence-electron chi connectivity index (χ4n) is 3.79. The number of benzene rings is 1. The van der Waals surface area contributed by atoms with Gasteiger partial charge in [0.2, 0.25) is 5.91 Å². The van der Waals surface area contributed by atoms with Gasteiger partial charge in [-0.25, -0.2) is 4.79 Å². The van der Waals surface area contributed by atoms with Crippen molar-refractivity contribution < 1.29 is 61.9 Å². The molecule has 227 valence electrons. The molecule has 1 saturated heterocycles. The number of amides is 1. The van der Waals surface area contributed by atoms with Crippen molar-refractivity contribution >= 4 is 29.8 Å². The molecule has 1 N–H and O–H groups in total. The van der Waals surface area contributed by atoms with Gasteiger partial charge < -0.3 is 43.2 Å². The van der Waals surface area contributed by atoms with E-state index in [1.807, 2.05) is 0 Å².